The van der Waals surface area contributed by atoms with Crippen molar-refractivity contribution in [2.75, 3.05) is 12.3 Å². The predicted molar refractivity (Wildman–Crippen MR) is 113 cm³/mol. The number of carbonyl (C=O) groups is 1. The third-order valence-corrected chi connectivity index (χ3v) is 8.21. The summed E-state index contributed by atoms with van der Waals surface area (Å²) in [5.41, 5.74) is 0. The molecule has 1 heterocycles. The van der Waals surface area contributed by atoms with Gasteiger partial charge < -0.3 is 9.84 Å². The molecule has 0 aliphatic carbocycles. The lowest BCUT2D eigenvalue weighted by Gasteiger charge is -2.42. The van der Waals surface area contributed by atoms with Crippen LogP contribution in [0.5, 0.6) is 11.5 Å². The second-order valence-electron chi connectivity index (χ2n) is 6.84. The van der Waals surface area contributed by atoms with Gasteiger partial charge in [-0.25, -0.2) is 8.42 Å². The van der Waals surface area contributed by atoms with Gasteiger partial charge in [0.1, 0.15) is 17.5 Å². The highest BCUT2D eigenvalue weighted by Gasteiger charge is 2.48. The SMILES string of the molecule is CC1(C)SCCN(S(=O)(=O)c2ccc(Oc3ccc(Br)cc3)cc2)C1C(=O)O. The molecule has 1 fully saturated rings. The summed E-state index contributed by atoms with van der Waals surface area (Å²) in [7, 11) is -3.95. The van der Waals surface area contributed by atoms with Gasteiger partial charge in [-0.2, -0.15) is 16.1 Å². The summed E-state index contributed by atoms with van der Waals surface area (Å²) >= 11 is 4.82. The van der Waals surface area contributed by atoms with Gasteiger partial charge in [0.2, 0.25) is 10.0 Å². The molecular weight excluding hydrogens is 466 g/mol. The van der Waals surface area contributed by atoms with Gasteiger partial charge in [-0.1, -0.05) is 15.9 Å². The molecule has 28 heavy (non-hydrogen) atoms. The topological polar surface area (TPSA) is 83.9 Å². The molecule has 0 radical (unpaired) electrons. The molecule has 1 atom stereocenters. The second-order valence-corrected chi connectivity index (χ2v) is 11.4. The van der Waals surface area contributed by atoms with E-state index in [1.54, 1.807) is 38.1 Å². The van der Waals surface area contributed by atoms with Crippen LogP contribution in [0.25, 0.3) is 0 Å². The van der Waals surface area contributed by atoms with Crippen molar-refractivity contribution in [1.82, 2.24) is 4.31 Å². The van der Waals surface area contributed by atoms with Crippen LogP contribution in [0.3, 0.4) is 0 Å². The van der Waals surface area contributed by atoms with Gasteiger partial charge in [0.15, 0.2) is 0 Å². The number of halogens is 1. The summed E-state index contributed by atoms with van der Waals surface area (Å²) in [6.45, 7) is 3.67. The first-order valence-electron chi connectivity index (χ1n) is 8.53. The fraction of sp³-hybridized carbons (Fsp3) is 0.316. The van der Waals surface area contributed by atoms with Gasteiger partial charge in [-0.15, -0.1) is 0 Å². The number of nitrogens with zero attached hydrogens (tertiary/aromatic N) is 1. The average molecular weight is 486 g/mol. The molecule has 1 aliphatic heterocycles. The van der Waals surface area contributed by atoms with E-state index in [1.807, 2.05) is 12.1 Å². The zero-order valence-electron chi connectivity index (χ0n) is 15.3. The van der Waals surface area contributed by atoms with Crippen LogP contribution in [0.4, 0.5) is 0 Å². The number of ether oxygens (including phenoxy) is 1. The van der Waals surface area contributed by atoms with Crippen molar-refractivity contribution >= 4 is 43.7 Å². The Kier molecular flexibility index (Phi) is 6.09. The van der Waals surface area contributed by atoms with Gasteiger partial charge in [-0.05, 0) is 62.4 Å². The summed E-state index contributed by atoms with van der Waals surface area (Å²) < 4.78 is 33.2. The Bertz CT molecular complexity index is 959. The summed E-state index contributed by atoms with van der Waals surface area (Å²) in [5, 5.41) is 9.64. The van der Waals surface area contributed by atoms with Gasteiger partial charge in [0.05, 0.1) is 4.90 Å². The van der Waals surface area contributed by atoms with Crippen LogP contribution >= 0.6 is 27.7 Å². The average Bonchev–Trinajstić information content (AvgIpc) is 2.63. The molecule has 1 N–H and O–H groups in total. The standard InChI is InChI=1S/C19H20BrNO5S2/c1-19(2)17(18(22)23)21(11-12-27-19)28(24,25)16-9-7-15(8-10-16)26-14-5-3-13(20)4-6-14/h3-10,17H,11-12H2,1-2H3,(H,22,23). The van der Waals surface area contributed by atoms with Crippen LogP contribution in [-0.2, 0) is 14.8 Å². The zero-order valence-corrected chi connectivity index (χ0v) is 18.6. The first-order valence-corrected chi connectivity index (χ1v) is 11.8. The number of sulfonamides is 1. The predicted octanol–water partition coefficient (Wildman–Crippen LogP) is 4.21. The number of thioether (sulfide) groups is 1. The van der Waals surface area contributed by atoms with Crippen LogP contribution in [0.1, 0.15) is 13.8 Å². The van der Waals surface area contributed by atoms with Crippen LogP contribution in [0.15, 0.2) is 57.9 Å². The second kappa shape index (κ2) is 8.06. The molecule has 9 heteroatoms. The normalized spacial score (nSPS) is 19.9. The van der Waals surface area contributed by atoms with Gasteiger partial charge in [0, 0.05) is 21.5 Å². The fourth-order valence-electron chi connectivity index (χ4n) is 3.09. The quantitative estimate of drug-likeness (QED) is 0.682. The minimum Gasteiger partial charge on any atom is -0.480 e. The highest BCUT2D eigenvalue weighted by molar-refractivity contribution is 9.10. The van der Waals surface area contributed by atoms with Crippen LogP contribution in [0, 0.1) is 0 Å². The van der Waals surface area contributed by atoms with Crippen LogP contribution in [0.2, 0.25) is 0 Å². The first-order chi connectivity index (χ1) is 13.1. The van der Waals surface area contributed by atoms with Crippen molar-refractivity contribution in [1.29, 1.82) is 0 Å². The molecular formula is C19H20BrNO5S2. The molecule has 2 aromatic rings. The molecule has 0 amide bonds. The number of carboxylic acid groups (broad SMARTS) is 1. The maximum atomic E-state index is 13.1. The molecule has 1 unspecified atom stereocenters. The minimum absolute atomic E-state index is 0.0459. The minimum atomic E-state index is -3.95. The lowest BCUT2D eigenvalue weighted by molar-refractivity contribution is -0.142. The van der Waals surface area contributed by atoms with E-state index in [1.165, 1.54) is 23.9 Å². The van der Waals surface area contributed by atoms with Crippen molar-refractivity contribution < 1.29 is 23.1 Å². The Labute approximate surface area is 177 Å². The monoisotopic (exact) mass is 485 g/mol. The van der Waals surface area contributed by atoms with E-state index in [-0.39, 0.29) is 11.4 Å². The van der Waals surface area contributed by atoms with E-state index in [0.29, 0.717) is 17.3 Å². The van der Waals surface area contributed by atoms with Crippen molar-refractivity contribution in [2.45, 2.75) is 29.5 Å². The molecule has 1 saturated heterocycles. The van der Waals surface area contributed by atoms with E-state index in [0.717, 1.165) is 8.78 Å². The number of hydrogen-bond acceptors (Lipinski definition) is 5. The first kappa shape index (κ1) is 21.2. The van der Waals surface area contributed by atoms with Gasteiger partial charge in [0.25, 0.3) is 0 Å². The lowest BCUT2D eigenvalue weighted by atomic mass is 10.0. The molecule has 0 bridgehead atoms. The third-order valence-electron chi connectivity index (χ3n) is 4.45. The summed E-state index contributed by atoms with van der Waals surface area (Å²) in [6, 6.07) is 12.2. The smallest absolute Gasteiger partial charge is 0.323 e. The third kappa shape index (κ3) is 4.37. The Morgan fingerprint density at radius 1 is 1.14 bits per heavy atom. The Morgan fingerprint density at radius 3 is 2.21 bits per heavy atom. The van der Waals surface area contributed by atoms with Crippen molar-refractivity contribution in [3.63, 3.8) is 0 Å². The summed E-state index contributed by atoms with van der Waals surface area (Å²) in [4.78, 5) is 11.8. The molecule has 1 aliphatic rings. The zero-order chi connectivity index (χ0) is 20.5. The van der Waals surface area contributed by atoms with Gasteiger partial charge >= 0.3 is 5.97 Å². The summed E-state index contributed by atoms with van der Waals surface area (Å²) in [5.74, 6) is 0.516. The number of rotatable bonds is 5. The molecule has 0 spiro atoms. The van der Waals surface area contributed by atoms with E-state index in [4.69, 9.17) is 4.74 Å². The van der Waals surface area contributed by atoms with Crippen LogP contribution < -0.4 is 4.74 Å². The van der Waals surface area contributed by atoms with Crippen molar-refractivity contribution in [2.24, 2.45) is 0 Å². The molecule has 6 nitrogen and oxygen atoms in total. The van der Waals surface area contributed by atoms with E-state index >= 15 is 0 Å². The number of aliphatic carboxylic acids is 1. The van der Waals surface area contributed by atoms with E-state index < -0.39 is 26.8 Å². The largest absolute Gasteiger partial charge is 0.480 e. The molecule has 3 rings (SSSR count). The van der Waals surface area contributed by atoms with E-state index in [2.05, 4.69) is 15.9 Å². The number of benzene rings is 2. The fourth-order valence-corrected chi connectivity index (χ4v) is 6.45. The molecule has 0 saturated carbocycles. The van der Waals surface area contributed by atoms with Crippen molar-refractivity contribution in [3.05, 3.63) is 53.0 Å². The molecule has 150 valence electrons. The highest BCUT2D eigenvalue weighted by Crippen LogP contribution is 2.38. The van der Waals surface area contributed by atoms with Gasteiger partial charge in [-0.3, -0.25) is 4.79 Å². The molecule has 0 aromatic heterocycles. The Hall–Kier alpha value is -1.55. The summed E-state index contributed by atoms with van der Waals surface area (Å²) in [6.07, 6.45) is 0. The Balaban J connectivity index is 1.85. The highest BCUT2D eigenvalue weighted by atomic mass is 79.9. The number of hydrogen-bond donors (Lipinski definition) is 1. The Morgan fingerprint density at radius 2 is 1.68 bits per heavy atom. The molecule has 2 aromatic carbocycles. The lowest BCUT2D eigenvalue weighted by Crippen LogP contribution is -2.58. The van der Waals surface area contributed by atoms with Crippen molar-refractivity contribution in [3.8, 4) is 11.5 Å². The number of carboxylic acids is 1. The maximum absolute atomic E-state index is 13.1. The van der Waals surface area contributed by atoms with Crippen LogP contribution in [-0.4, -0.2) is 46.9 Å². The maximum Gasteiger partial charge on any atom is 0.323 e. The van der Waals surface area contributed by atoms with E-state index in [9.17, 15) is 18.3 Å².